The van der Waals surface area contributed by atoms with Crippen LogP contribution in [-0.4, -0.2) is 35.5 Å². The maximum Gasteiger partial charge on any atom is 0.308 e. The SMILES string of the molecule is CC(NC(=O)CNC(=O)c1ccco1)C(C)C(=O)O. The molecule has 0 aliphatic heterocycles. The summed E-state index contributed by atoms with van der Waals surface area (Å²) in [6, 6.07) is 2.51. The molecule has 1 aromatic rings. The summed E-state index contributed by atoms with van der Waals surface area (Å²) in [5, 5.41) is 13.6. The number of carboxylic acids is 1. The molecule has 0 fully saturated rings. The number of carbonyl (C=O) groups is 3. The molecule has 1 rings (SSSR count). The molecule has 0 aliphatic carbocycles. The molecule has 0 spiro atoms. The third kappa shape index (κ3) is 4.46. The first kappa shape index (κ1) is 14.7. The van der Waals surface area contributed by atoms with Gasteiger partial charge in [-0.3, -0.25) is 14.4 Å². The average molecular weight is 268 g/mol. The van der Waals surface area contributed by atoms with E-state index in [2.05, 4.69) is 10.6 Å². The predicted molar refractivity (Wildman–Crippen MR) is 65.4 cm³/mol. The largest absolute Gasteiger partial charge is 0.481 e. The standard InChI is InChI=1S/C12H16N2O5/c1-7(12(17)18)8(2)14-10(15)6-13-11(16)9-4-3-5-19-9/h3-5,7-8H,6H2,1-2H3,(H,13,16)(H,14,15)(H,17,18). The molecule has 0 aromatic carbocycles. The Kier molecular flexibility index (Phi) is 5.11. The first-order valence-corrected chi connectivity index (χ1v) is 5.75. The van der Waals surface area contributed by atoms with E-state index in [1.165, 1.54) is 19.3 Å². The molecule has 1 heterocycles. The number of furan rings is 1. The zero-order chi connectivity index (χ0) is 14.4. The summed E-state index contributed by atoms with van der Waals surface area (Å²) in [7, 11) is 0. The summed E-state index contributed by atoms with van der Waals surface area (Å²) in [6.45, 7) is 2.84. The highest BCUT2D eigenvalue weighted by Crippen LogP contribution is 2.02. The number of amides is 2. The minimum atomic E-state index is -0.993. The molecule has 2 amide bonds. The van der Waals surface area contributed by atoms with Gasteiger partial charge >= 0.3 is 5.97 Å². The van der Waals surface area contributed by atoms with Gasteiger partial charge in [-0.05, 0) is 26.0 Å². The van der Waals surface area contributed by atoms with Gasteiger partial charge in [0.1, 0.15) is 0 Å². The van der Waals surface area contributed by atoms with Crippen molar-refractivity contribution in [1.82, 2.24) is 10.6 Å². The Bertz CT molecular complexity index is 455. The van der Waals surface area contributed by atoms with Crippen molar-refractivity contribution in [3.63, 3.8) is 0 Å². The van der Waals surface area contributed by atoms with Gasteiger partial charge in [-0.25, -0.2) is 0 Å². The number of carbonyl (C=O) groups excluding carboxylic acids is 2. The Morgan fingerprint density at radius 2 is 2.05 bits per heavy atom. The van der Waals surface area contributed by atoms with Gasteiger partial charge in [-0.2, -0.15) is 0 Å². The van der Waals surface area contributed by atoms with Gasteiger partial charge in [0.2, 0.25) is 5.91 Å². The lowest BCUT2D eigenvalue weighted by Gasteiger charge is -2.17. The molecule has 104 valence electrons. The second-order valence-corrected chi connectivity index (χ2v) is 4.14. The van der Waals surface area contributed by atoms with Gasteiger partial charge in [0.15, 0.2) is 5.76 Å². The van der Waals surface area contributed by atoms with E-state index in [1.54, 1.807) is 13.0 Å². The van der Waals surface area contributed by atoms with Crippen molar-refractivity contribution in [2.45, 2.75) is 19.9 Å². The van der Waals surface area contributed by atoms with Crippen LogP contribution in [0.15, 0.2) is 22.8 Å². The number of nitrogens with one attached hydrogen (secondary N) is 2. The van der Waals surface area contributed by atoms with Crippen LogP contribution in [0.5, 0.6) is 0 Å². The second kappa shape index (κ2) is 6.58. The molecule has 3 N–H and O–H groups in total. The average Bonchev–Trinajstić information content (AvgIpc) is 2.88. The molecule has 0 aliphatic rings. The highest BCUT2D eigenvalue weighted by Gasteiger charge is 2.21. The minimum absolute atomic E-state index is 0.111. The van der Waals surface area contributed by atoms with Gasteiger partial charge in [0.05, 0.1) is 18.7 Å². The smallest absolute Gasteiger partial charge is 0.308 e. The molecule has 0 bridgehead atoms. The number of hydrogen-bond donors (Lipinski definition) is 3. The van der Waals surface area contributed by atoms with Crippen molar-refractivity contribution in [3.8, 4) is 0 Å². The molecular weight excluding hydrogens is 252 g/mol. The summed E-state index contributed by atoms with van der Waals surface area (Å²) in [6.07, 6.45) is 1.35. The van der Waals surface area contributed by atoms with Crippen LogP contribution in [0.1, 0.15) is 24.4 Å². The maximum absolute atomic E-state index is 11.5. The molecule has 2 unspecified atom stereocenters. The molecular formula is C12H16N2O5. The summed E-state index contributed by atoms with van der Waals surface area (Å²) in [4.78, 5) is 33.7. The van der Waals surface area contributed by atoms with Crippen LogP contribution in [0.3, 0.4) is 0 Å². The molecule has 2 atom stereocenters. The summed E-state index contributed by atoms with van der Waals surface area (Å²) in [5.74, 6) is -2.54. The molecule has 7 heteroatoms. The van der Waals surface area contributed by atoms with Crippen molar-refractivity contribution in [2.75, 3.05) is 6.54 Å². The third-order valence-corrected chi connectivity index (χ3v) is 2.68. The van der Waals surface area contributed by atoms with E-state index < -0.39 is 29.7 Å². The zero-order valence-electron chi connectivity index (χ0n) is 10.7. The summed E-state index contributed by atoms with van der Waals surface area (Å²) >= 11 is 0. The van der Waals surface area contributed by atoms with E-state index in [1.807, 2.05) is 0 Å². The van der Waals surface area contributed by atoms with E-state index >= 15 is 0 Å². The minimum Gasteiger partial charge on any atom is -0.481 e. The Labute approximate surface area is 110 Å². The first-order chi connectivity index (χ1) is 8.91. The van der Waals surface area contributed by atoms with E-state index in [0.717, 1.165) is 0 Å². The molecule has 0 saturated carbocycles. The Morgan fingerprint density at radius 3 is 2.58 bits per heavy atom. The van der Waals surface area contributed by atoms with Crippen LogP contribution in [0.4, 0.5) is 0 Å². The van der Waals surface area contributed by atoms with Gasteiger partial charge < -0.3 is 20.2 Å². The van der Waals surface area contributed by atoms with Crippen molar-refractivity contribution >= 4 is 17.8 Å². The fourth-order valence-corrected chi connectivity index (χ4v) is 1.30. The fraction of sp³-hybridized carbons (Fsp3) is 0.417. The van der Waals surface area contributed by atoms with Crippen LogP contribution in [0, 0.1) is 5.92 Å². The quantitative estimate of drug-likeness (QED) is 0.684. The first-order valence-electron chi connectivity index (χ1n) is 5.75. The van der Waals surface area contributed by atoms with Gasteiger partial charge in [-0.15, -0.1) is 0 Å². The maximum atomic E-state index is 11.5. The lowest BCUT2D eigenvalue weighted by molar-refractivity contribution is -0.142. The lowest BCUT2D eigenvalue weighted by Crippen LogP contribution is -2.44. The zero-order valence-corrected chi connectivity index (χ0v) is 10.7. The summed E-state index contributed by atoms with van der Waals surface area (Å²) < 4.78 is 4.86. The summed E-state index contributed by atoms with van der Waals surface area (Å²) in [5.41, 5.74) is 0. The van der Waals surface area contributed by atoms with Crippen LogP contribution < -0.4 is 10.6 Å². The molecule has 0 saturated heterocycles. The van der Waals surface area contributed by atoms with Crippen molar-refractivity contribution in [1.29, 1.82) is 0 Å². The van der Waals surface area contributed by atoms with Gasteiger partial charge in [0, 0.05) is 6.04 Å². The number of carboxylic acid groups (broad SMARTS) is 1. The third-order valence-electron chi connectivity index (χ3n) is 2.68. The number of rotatable bonds is 6. The van der Waals surface area contributed by atoms with Crippen LogP contribution in [-0.2, 0) is 9.59 Å². The highest BCUT2D eigenvalue weighted by atomic mass is 16.4. The van der Waals surface area contributed by atoms with Crippen molar-refractivity contribution < 1.29 is 23.9 Å². The highest BCUT2D eigenvalue weighted by molar-refractivity contribution is 5.94. The fourth-order valence-electron chi connectivity index (χ4n) is 1.30. The van der Waals surface area contributed by atoms with Gasteiger partial charge in [0.25, 0.3) is 5.91 Å². The predicted octanol–water partition coefficient (Wildman–Crippen LogP) is 0.235. The lowest BCUT2D eigenvalue weighted by atomic mass is 10.0. The molecule has 0 radical (unpaired) electrons. The number of hydrogen-bond acceptors (Lipinski definition) is 4. The van der Waals surface area contributed by atoms with Crippen LogP contribution in [0.2, 0.25) is 0 Å². The Morgan fingerprint density at radius 1 is 1.37 bits per heavy atom. The normalized spacial score (nSPS) is 13.4. The van der Waals surface area contributed by atoms with Crippen molar-refractivity contribution in [2.24, 2.45) is 5.92 Å². The topological polar surface area (TPSA) is 109 Å². The van der Waals surface area contributed by atoms with Gasteiger partial charge in [-0.1, -0.05) is 0 Å². The molecule has 19 heavy (non-hydrogen) atoms. The van der Waals surface area contributed by atoms with E-state index in [9.17, 15) is 14.4 Å². The number of aliphatic carboxylic acids is 1. The molecule has 1 aromatic heterocycles. The monoisotopic (exact) mass is 268 g/mol. The van der Waals surface area contributed by atoms with E-state index in [0.29, 0.717) is 0 Å². The van der Waals surface area contributed by atoms with Crippen molar-refractivity contribution in [3.05, 3.63) is 24.2 Å². The Balaban J connectivity index is 2.36. The molecule has 7 nitrogen and oxygen atoms in total. The van der Waals surface area contributed by atoms with E-state index in [4.69, 9.17) is 9.52 Å². The van der Waals surface area contributed by atoms with Crippen LogP contribution >= 0.6 is 0 Å². The Hall–Kier alpha value is -2.31. The second-order valence-electron chi connectivity index (χ2n) is 4.14. The van der Waals surface area contributed by atoms with E-state index in [-0.39, 0.29) is 12.3 Å². The van der Waals surface area contributed by atoms with Crippen LogP contribution in [0.25, 0.3) is 0 Å².